The maximum Gasteiger partial charge on any atom is 0.407 e. The van der Waals surface area contributed by atoms with Crippen LogP contribution >= 0.6 is 0 Å². The molecule has 0 aliphatic heterocycles. The SMILES string of the molecule is COC(=O)c1cccc(C#CCCNC(=O)OCC2c3ccccc3-c3ccccc32)c1. The maximum absolute atomic E-state index is 12.2. The predicted molar refractivity (Wildman–Crippen MR) is 122 cm³/mol. The van der Waals surface area contributed by atoms with Crippen LogP contribution in [0.3, 0.4) is 0 Å². The van der Waals surface area contributed by atoms with Gasteiger partial charge in [0.2, 0.25) is 0 Å². The Kier molecular flexibility index (Phi) is 6.52. The van der Waals surface area contributed by atoms with Crippen molar-refractivity contribution in [3.63, 3.8) is 0 Å². The molecule has 0 saturated heterocycles. The number of hydrogen-bond donors (Lipinski definition) is 1. The highest BCUT2D eigenvalue weighted by atomic mass is 16.5. The Morgan fingerprint density at radius 2 is 1.62 bits per heavy atom. The summed E-state index contributed by atoms with van der Waals surface area (Å²) in [6, 6.07) is 23.4. The highest BCUT2D eigenvalue weighted by Crippen LogP contribution is 2.44. The number of ether oxygens (including phenoxy) is 2. The molecule has 0 spiro atoms. The molecule has 5 heteroatoms. The van der Waals surface area contributed by atoms with Gasteiger partial charge < -0.3 is 14.8 Å². The van der Waals surface area contributed by atoms with E-state index in [9.17, 15) is 9.59 Å². The molecule has 1 aliphatic carbocycles. The van der Waals surface area contributed by atoms with Crippen molar-refractivity contribution in [2.24, 2.45) is 0 Å². The van der Waals surface area contributed by atoms with Crippen LogP contribution < -0.4 is 5.32 Å². The van der Waals surface area contributed by atoms with Crippen molar-refractivity contribution >= 4 is 12.1 Å². The lowest BCUT2D eigenvalue weighted by Gasteiger charge is -2.14. The van der Waals surface area contributed by atoms with Gasteiger partial charge in [-0.05, 0) is 40.5 Å². The second-order valence-electron chi connectivity index (χ2n) is 7.38. The van der Waals surface area contributed by atoms with E-state index < -0.39 is 12.1 Å². The monoisotopic (exact) mass is 425 g/mol. The number of carbonyl (C=O) groups is 2. The molecule has 0 heterocycles. The van der Waals surface area contributed by atoms with Crippen LogP contribution in [0.15, 0.2) is 72.8 Å². The molecule has 4 rings (SSSR count). The van der Waals surface area contributed by atoms with Gasteiger partial charge in [0.05, 0.1) is 12.7 Å². The van der Waals surface area contributed by atoms with E-state index in [0.717, 1.165) is 0 Å². The molecular formula is C27H23NO4. The van der Waals surface area contributed by atoms with Gasteiger partial charge in [0, 0.05) is 24.4 Å². The molecule has 1 aliphatic rings. The zero-order valence-corrected chi connectivity index (χ0v) is 17.8. The van der Waals surface area contributed by atoms with Crippen LogP contribution in [-0.2, 0) is 9.47 Å². The number of nitrogens with one attached hydrogen (secondary N) is 1. The molecule has 3 aromatic rings. The topological polar surface area (TPSA) is 64.6 Å². The summed E-state index contributed by atoms with van der Waals surface area (Å²) in [6.45, 7) is 0.659. The summed E-state index contributed by atoms with van der Waals surface area (Å²) in [7, 11) is 1.34. The number of hydrogen-bond acceptors (Lipinski definition) is 4. The molecule has 0 atom stereocenters. The maximum atomic E-state index is 12.2. The Balaban J connectivity index is 1.27. The molecular weight excluding hydrogens is 402 g/mol. The quantitative estimate of drug-likeness (QED) is 0.364. The standard InChI is InChI=1S/C27H23NO4/c1-31-26(29)20-11-8-10-19(17-20)9-6-7-16-28-27(30)32-18-25-23-14-4-2-12-21(23)22-13-3-5-15-24(22)25/h2-5,8,10-15,17,25H,7,16,18H2,1H3,(H,28,30). The number of amides is 1. The second-order valence-corrected chi connectivity index (χ2v) is 7.38. The number of rotatable bonds is 5. The van der Waals surface area contributed by atoms with Crippen molar-refractivity contribution in [2.45, 2.75) is 12.3 Å². The molecule has 0 radical (unpaired) electrons. The molecule has 32 heavy (non-hydrogen) atoms. The van der Waals surface area contributed by atoms with Gasteiger partial charge >= 0.3 is 12.1 Å². The van der Waals surface area contributed by atoms with Crippen LogP contribution in [0.2, 0.25) is 0 Å². The number of methoxy groups -OCH3 is 1. The lowest BCUT2D eigenvalue weighted by molar-refractivity contribution is 0.0600. The summed E-state index contributed by atoms with van der Waals surface area (Å²) in [6.07, 6.45) is 0.00785. The molecule has 0 aromatic heterocycles. The average molecular weight is 425 g/mol. The number of carbonyl (C=O) groups excluding carboxylic acids is 2. The van der Waals surface area contributed by atoms with Crippen LogP contribution in [0.5, 0.6) is 0 Å². The normalized spacial score (nSPS) is 11.5. The first-order valence-electron chi connectivity index (χ1n) is 10.4. The number of alkyl carbamates (subject to hydrolysis) is 1. The van der Waals surface area contributed by atoms with Crippen molar-refractivity contribution in [3.8, 4) is 23.0 Å². The third kappa shape index (κ3) is 4.65. The van der Waals surface area contributed by atoms with E-state index in [2.05, 4.69) is 41.4 Å². The fraction of sp³-hybridized carbons (Fsp3) is 0.185. The first-order chi connectivity index (χ1) is 15.7. The molecule has 3 aromatic carbocycles. The molecule has 160 valence electrons. The van der Waals surface area contributed by atoms with Crippen LogP contribution in [0.25, 0.3) is 11.1 Å². The molecule has 0 fully saturated rings. The van der Waals surface area contributed by atoms with Gasteiger partial charge in [0.15, 0.2) is 0 Å². The Morgan fingerprint density at radius 3 is 2.31 bits per heavy atom. The molecule has 1 amide bonds. The van der Waals surface area contributed by atoms with Gasteiger partial charge in [-0.1, -0.05) is 66.4 Å². The van der Waals surface area contributed by atoms with E-state index in [1.165, 1.54) is 29.4 Å². The summed E-state index contributed by atoms with van der Waals surface area (Å²) in [5, 5.41) is 2.74. The van der Waals surface area contributed by atoms with Crippen LogP contribution in [0.4, 0.5) is 4.79 Å². The summed E-state index contributed by atoms with van der Waals surface area (Å²) in [5.74, 6) is 5.62. The largest absolute Gasteiger partial charge is 0.465 e. The van der Waals surface area contributed by atoms with Gasteiger partial charge in [-0.15, -0.1) is 0 Å². The van der Waals surface area contributed by atoms with Gasteiger partial charge in [-0.3, -0.25) is 0 Å². The third-order valence-electron chi connectivity index (χ3n) is 5.38. The minimum Gasteiger partial charge on any atom is -0.465 e. The van der Waals surface area contributed by atoms with Crippen molar-refractivity contribution in [2.75, 3.05) is 20.3 Å². The van der Waals surface area contributed by atoms with Crippen molar-refractivity contribution in [1.82, 2.24) is 5.32 Å². The highest BCUT2D eigenvalue weighted by Gasteiger charge is 2.28. The van der Waals surface area contributed by atoms with Crippen LogP contribution in [-0.4, -0.2) is 32.3 Å². The molecule has 1 N–H and O–H groups in total. The fourth-order valence-corrected chi connectivity index (χ4v) is 3.88. The predicted octanol–water partition coefficient (Wildman–Crippen LogP) is 4.75. The average Bonchev–Trinajstić information content (AvgIpc) is 3.16. The van der Waals surface area contributed by atoms with E-state index in [1.807, 2.05) is 30.3 Å². The molecule has 0 bridgehead atoms. The number of fused-ring (bicyclic) bond motifs is 3. The Bertz CT molecular complexity index is 1160. The van der Waals surface area contributed by atoms with E-state index in [4.69, 9.17) is 9.47 Å². The summed E-state index contributed by atoms with van der Waals surface area (Å²) in [4.78, 5) is 23.8. The number of esters is 1. The Labute approximate surface area is 187 Å². The molecule has 0 saturated carbocycles. The lowest BCUT2D eigenvalue weighted by Crippen LogP contribution is -2.26. The van der Waals surface area contributed by atoms with Crippen molar-refractivity contribution < 1.29 is 19.1 Å². The minimum atomic E-state index is -0.457. The molecule has 0 unspecified atom stereocenters. The Morgan fingerprint density at radius 1 is 0.938 bits per heavy atom. The smallest absolute Gasteiger partial charge is 0.407 e. The van der Waals surface area contributed by atoms with E-state index >= 15 is 0 Å². The second kappa shape index (κ2) is 9.84. The third-order valence-corrected chi connectivity index (χ3v) is 5.38. The molecule has 5 nitrogen and oxygen atoms in total. The van der Waals surface area contributed by atoms with Gasteiger partial charge in [0.25, 0.3) is 0 Å². The van der Waals surface area contributed by atoms with E-state index in [-0.39, 0.29) is 12.5 Å². The zero-order valence-electron chi connectivity index (χ0n) is 17.8. The van der Waals surface area contributed by atoms with Crippen LogP contribution in [0.1, 0.15) is 39.4 Å². The minimum absolute atomic E-state index is 0.0371. The van der Waals surface area contributed by atoms with Crippen molar-refractivity contribution in [1.29, 1.82) is 0 Å². The van der Waals surface area contributed by atoms with E-state index in [0.29, 0.717) is 24.1 Å². The highest BCUT2D eigenvalue weighted by molar-refractivity contribution is 5.89. The van der Waals surface area contributed by atoms with Gasteiger partial charge in [0.1, 0.15) is 6.61 Å². The Hall–Kier alpha value is -4.04. The van der Waals surface area contributed by atoms with Gasteiger partial charge in [-0.2, -0.15) is 0 Å². The van der Waals surface area contributed by atoms with Crippen molar-refractivity contribution in [3.05, 3.63) is 95.1 Å². The first kappa shape index (κ1) is 21.2. The summed E-state index contributed by atoms with van der Waals surface area (Å²) < 4.78 is 10.2. The summed E-state index contributed by atoms with van der Waals surface area (Å²) in [5.41, 5.74) is 5.93. The summed E-state index contributed by atoms with van der Waals surface area (Å²) >= 11 is 0. The van der Waals surface area contributed by atoms with Crippen LogP contribution in [0, 0.1) is 11.8 Å². The zero-order chi connectivity index (χ0) is 22.3. The first-order valence-corrected chi connectivity index (χ1v) is 10.4. The van der Waals surface area contributed by atoms with Gasteiger partial charge in [-0.25, -0.2) is 9.59 Å². The van der Waals surface area contributed by atoms with E-state index in [1.54, 1.807) is 18.2 Å². The lowest BCUT2D eigenvalue weighted by atomic mass is 9.98. The fourth-order valence-electron chi connectivity index (χ4n) is 3.88. The number of benzene rings is 3.